The lowest BCUT2D eigenvalue weighted by molar-refractivity contribution is -0.138. The highest BCUT2D eigenvalue weighted by molar-refractivity contribution is 5.53. The average molecular weight is 514 g/mol. The second-order valence-electron chi connectivity index (χ2n) is 9.06. The Hall–Kier alpha value is -3.59. The highest BCUT2D eigenvalue weighted by Gasteiger charge is 2.33. The van der Waals surface area contributed by atoms with E-state index in [-0.39, 0.29) is 12.1 Å². The molecule has 196 valence electrons. The quantitative estimate of drug-likeness (QED) is 0.456. The molecule has 2 aliphatic heterocycles. The molecule has 3 aromatic rings. The van der Waals surface area contributed by atoms with Crippen LogP contribution in [0.25, 0.3) is 0 Å². The van der Waals surface area contributed by atoms with Gasteiger partial charge >= 0.3 is 6.18 Å². The van der Waals surface area contributed by atoms with Gasteiger partial charge in [0.2, 0.25) is 6.41 Å². The van der Waals surface area contributed by atoms with E-state index in [0.29, 0.717) is 18.8 Å². The summed E-state index contributed by atoms with van der Waals surface area (Å²) >= 11 is 0. The minimum Gasteiger partial charge on any atom is -0.493 e. The van der Waals surface area contributed by atoms with E-state index in [1.54, 1.807) is 19.1 Å². The fraction of sp³-hybridized carbons (Fsp3) is 0.357. The third-order valence-corrected chi connectivity index (χ3v) is 6.71. The maximum Gasteiger partial charge on any atom is 0.416 e. The van der Waals surface area contributed by atoms with Crippen molar-refractivity contribution < 1.29 is 27.4 Å². The Morgan fingerprint density at radius 3 is 2.27 bits per heavy atom. The van der Waals surface area contributed by atoms with Gasteiger partial charge in [0.15, 0.2) is 11.5 Å². The normalized spacial score (nSPS) is 15.1. The number of fused-ring (bicyclic) bond motifs is 2. The van der Waals surface area contributed by atoms with E-state index in [4.69, 9.17) is 9.47 Å². The number of pyridine rings is 1. The lowest BCUT2D eigenvalue weighted by Crippen LogP contribution is -2.30. The number of benzene rings is 2. The van der Waals surface area contributed by atoms with Gasteiger partial charge in [-0.1, -0.05) is 24.3 Å². The number of hydrogen-bond acceptors (Lipinski definition) is 5. The van der Waals surface area contributed by atoms with Crippen molar-refractivity contribution in [1.82, 2.24) is 14.8 Å². The van der Waals surface area contributed by atoms with Crippen molar-refractivity contribution in [3.63, 3.8) is 0 Å². The van der Waals surface area contributed by atoms with Gasteiger partial charge in [0.25, 0.3) is 0 Å². The molecule has 1 aromatic heterocycles. The predicted molar refractivity (Wildman–Crippen MR) is 133 cm³/mol. The third-order valence-electron chi connectivity index (χ3n) is 6.71. The van der Waals surface area contributed by atoms with Crippen LogP contribution in [0.4, 0.5) is 13.2 Å². The summed E-state index contributed by atoms with van der Waals surface area (Å²) < 4.78 is 49.5. The highest BCUT2D eigenvalue weighted by atomic mass is 19.4. The van der Waals surface area contributed by atoms with Crippen LogP contribution in [0.3, 0.4) is 0 Å². The zero-order chi connectivity index (χ0) is 26.4. The zero-order valence-corrected chi connectivity index (χ0v) is 20.9. The van der Waals surface area contributed by atoms with Crippen LogP contribution in [0.2, 0.25) is 0 Å². The van der Waals surface area contributed by atoms with E-state index in [0.717, 1.165) is 49.7 Å². The first-order valence-corrected chi connectivity index (χ1v) is 12.0. The van der Waals surface area contributed by atoms with Crippen molar-refractivity contribution in [2.75, 3.05) is 27.3 Å². The number of amides is 1. The van der Waals surface area contributed by atoms with Gasteiger partial charge in [0.05, 0.1) is 19.8 Å². The number of carbonyl (C=O) groups is 1. The Bertz CT molecular complexity index is 1230. The largest absolute Gasteiger partial charge is 0.493 e. The van der Waals surface area contributed by atoms with Gasteiger partial charge in [0.1, 0.15) is 0 Å². The van der Waals surface area contributed by atoms with Gasteiger partial charge in [-0.25, -0.2) is 0 Å². The Morgan fingerprint density at radius 1 is 0.919 bits per heavy atom. The molecule has 0 unspecified atom stereocenters. The number of nitrogens with zero attached hydrogens (tertiary/aromatic N) is 3. The third kappa shape index (κ3) is 6.40. The van der Waals surface area contributed by atoms with Crippen LogP contribution in [0, 0.1) is 0 Å². The second-order valence-corrected chi connectivity index (χ2v) is 9.06. The van der Waals surface area contributed by atoms with Crippen molar-refractivity contribution in [3.8, 4) is 11.5 Å². The number of halogens is 3. The molecule has 0 aliphatic carbocycles. The van der Waals surface area contributed by atoms with Crippen molar-refractivity contribution in [2.45, 2.75) is 38.7 Å². The molecule has 37 heavy (non-hydrogen) atoms. The van der Waals surface area contributed by atoms with Crippen LogP contribution in [-0.2, 0) is 43.4 Å². The summed E-state index contributed by atoms with van der Waals surface area (Å²) in [5, 5.41) is 0. The van der Waals surface area contributed by atoms with Crippen molar-refractivity contribution in [1.29, 1.82) is 0 Å². The summed E-state index contributed by atoms with van der Waals surface area (Å²) in [6, 6.07) is 13.1. The molecule has 0 bridgehead atoms. The molecular formula is C28H30F3N3O3. The molecule has 5 rings (SSSR count). The standard InChI is InChI=1S/C16H15F3N2.C12H15NO3/c17-16(18,19)15-5-7-20-9-14(15)11-21-8-6-12-3-1-2-4-13(12)10-21;1-15-11-5-9-3-4-13(8-14)7-10(9)6-12(11)16-2/h1-5,7,9H,6,8,10-11H2;5-6,8H,3-4,7H2,1-2H3. The van der Waals surface area contributed by atoms with Gasteiger partial charge in [-0.2, -0.15) is 13.2 Å². The number of hydrogen-bond donors (Lipinski definition) is 0. The van der Waals surface area contributed by atoms with E-state index in [9.17, 15) is 18.0 Å². The van der Waals surface area contributed by atoms with E-state index in [1.165, 1.54) is 29.1 Å². The minimum atomic E-state index is -4.33. The molecule has 1 amide bonds. The van der Waals surface area contributed by atoms with E-state index in [2.05, 4.69) is 11.1 Å². The van der Waals surface area contributed by atoms with E-state index < -0.39 is 11.7 Å². The molecular weight excluding hydrogens is 483 g/mol. The molecule has 0 saturated heterocycles. The Labute approximate surface area is 214 Å². The molecule has 3 heterocycles. The van der Waals surface area contributed by atoms with Crippen LogP contribution in [0.1, 0.15) is 33.4 Å². The van der Waals surface area contributed by atoms with Crippen LogP contribution in [0.15, 0.2) is 54.9 Å². The fourth-order valence-corrected chi connectivity index (χ4v) is 4.75. The van der Waals surface area contributed by atoms with Crippen LogP contribution in [-0.4, -0.2) is 48.5 Å². The lowest BCUT2D eigenvalue weighted by Gasteiger charge is -2.29. The SMILES string of the molecule is COc1cc2c(cc1OC)CN(C=O)CC2.FC(F)(F)c1ccncc1CN1CCc2ccccc2C1. The summed E-state index contributed by atoms with van der Waals surface area (Å²) in [4.78, 5) is 18.4. The van der Waals surface area contributed by atoms with Gasteiger partial charge in [-0.05, 0) is 58.9 Å². The van der Waals surface area contributed by atoms with Crippen molar-refractivity contribution in [2.24, 2.45) is 0 Å². The number of carbonyl (C=O) groups excluding carboxylic acids is 1. The average Bonchev–Trinajstić information content (AvgIpc) is 2.92. The molecule has 2 aromatic carbocycles. The molecule has 0 fully saturated rings. The molecule has 0 saturated carbocycles. The first kappa shape index (κ1) is 26.5. The van der Waals surface area contributed by atoms with E-state index in [1.807, 2.05) is 35.2 Å². The van der Waals surface area contributed by atoms with Crippen LogP contribution in [0.5, 0.6) is 11.5 Å². The summed E-state index contributed by atoms with van der Waals surface area (Å²) in [5.41, 5.74) is 4.50. The Balaban J connectivity index is 0.000000180. The highest BCUT2D eigenvalue weighted by Crippen LogP contribution is 2.34. The molecule has 0 atom stereocenters. The second kappa shape index (κ2) is 11.6. The molecule has 0 N–H and O–H groups in total. The van der Waals surface area contributed by atoms with Crippen LogP contribution < -0.4 is 9.47 Å². The van der Waals surface area contributed by atoms with Gasteiger partial charge < -0.3 is 14.4 Å². The monoisotopic (exact) mass is 513 g/mol. The number of aromatic nitrogens is 1. The number of ether oxygens (including phenoxy) is 2. The summed E-state index contributed by atoms with van der Waals surface area (Å²) in [7, 11) is 3.25. The minimum absolute atomic E-state index is 0.240. The number of rotatable bonds is 5. The zero-order valence-electron chi connectivity index (χ0n) is 20.9. The predicted octanol–water partition coefficient (Wildman–Crippen LogP) is 4.88. The fourth-order valence-electron chi connectivity index (χ4n) is 4.75. The van der Waals surface area contributed by atoms with Gasteiger partial charge in [0, 0.05) is 45.1 Å². The summed E-state index contributed by atoms with van der Waals surface area (Å²) in [6.45, 7) is 3.15. The molecule has 2 aliphatic rings. The number of methoxy groups -OCH3 is 2. The smallest absolute Gasteiger partial charge is 0.416 e. The summed E-state index contributed by atoms with van der Waals surface area (Å²) in [6.07, 6.45) is 0.818. The Morgan fingerprint density at radius 2 is 1.59 bits per heavy atom. The topological polar surface area (TPSA) is 54.9 Å². The molecule has 6 nitrogen and oxygen atoms in total. The van der Waals surface area contributed by atoms with Gasteiger partial charge in [-0.3, -0.25) is 14.7 Å². The molecule has 0 spiro atoms. The first-order chi connectivity index (χ1) is 17.8. The van der Waals surface area contributed by atoms with Gasteiger partial charge in [-0.15, -0.1) is 0 Å². The van der Waals surface area contributed by atoms with Crippen molar-refractivity contribution >= 4 is 6.41 Å². The lowest BCUT2D eigenvalue weighted by atomic mass is 9.99. The van der Waals surface area contributed by atoms with Crippen LogP contribution >= 0.6 is 0 Å². The first-order valence-electron chi connectivity index (χ1n) is 12.0. The number of alkyl halides is 3. The van der Waals surface area contributed by atoms with E-state index >= 15 is 0 Å². The molecule has 9 heteroatoms. The van der Waals surface area contributed by atoms with Crippen molar-refractivity contribution in [3.05, 3.63) is 88.2 Å². The summed E-state index contributed by atoms with van der Waals surface area (Å²) in [5.74, 6) is 1.47. The Kier molecular flexibility index (Phi) is 8.33. The molecule has 0 radical (unpaired) electrons. The maximum absolute atomic E-state index is 13.0. The maximum atomic E-state index is 13.0.